The zero-order valence-electron chi connectivity index (χ0n) is 17.9. The van der Waals surface area contributed by atoms with E-state index in [9.17, 15) is 4.79 Å². The number of fused-ring (bicyclic) bond motifs is 1. The number of hydrogen-bond acceptors (Lipinski definition) is 7. The van der Waals surface area contributed by atoms with Gasteiger partial charge in [0.2, 0.25) is 5.95 Å². The average molecular weight is 420 g/mol. The summed E-state index contributed by atoms with van der Waals surface area (Å²) in [6.07, 6.45) is 0. The van der Waals surface area contributed by atoms with Gasteiger partial charge in [-0.05, 0) is 55.8 Å². The number of ether oxygens (including phenoxy) is 3. The Morgan fingerprint density at radius 1 is 1.03 bits per heavy atom. The highest BCUT2D eigenvalue weighted by Crippen LogP contribution is 2.37. The normalized spacial score (nSPS) is 15.2. The Morgan fingerprint density at radius 3 is 2.23 bits per heavy atom. The topological polar surface area (TPSA) is 87.5 Å². The van der Waals surface area contributed by atoms with E-state index in [2.05, 4.69) is 10.3 Å². The first-order chi connectivity index (χ1) is 15.0. The van der Waals surface area contributed by atoms with Gasteiger partial charge in [0.25, 0.3) is 0 Å². The van der Waals surface area contributed by atoms with Gasteiger partial charge in [-0.2, -0.15) is 4.98 Å². The van der Waals surface area contributed by atoms with Crippen LogP contribution in [0.1, 0.15) is 25.5 Å². The molecule has 2 aromatic carbocycles. The number of nitrogens with zero attached hydrogens (tertiary/aromatic N) is 3. The summed E-state index contributed by atoms with van der Waals surface area (Å²) in [4.78, 5) is 17.5. The van der Waals surface area contributed by atoms with Crippen molar-refractivity contribution >= 4 is 11.9 Å². The molecule has 1 aliphatic rings. The number of carbonyl (C=O) groups excluding carboxylic acids is 1. The van der Waals surface area contributed by atoms with Gasteiger partial charge in [0, 0.05) is 11.3 Å². The maximum Gasteiger partial charge on any atom is 0.338 e. The lowest BCUT2D eigenvalue weighted by Gasteiger charge is -2.28. The molecule has 1 aromatic heterocycles. The van der Waals surface area contributed by atoms with E-state index in [1.54, 1.807) is 25.8 Å². The molecule has 8 heteroatoms. The molecule has 0 amide bonds. The lowest BCUT2D eigenvalue weighted by molar-refractivity contribution is -0.139. The average Bonchev–Trinajstić information content (AvgIpc) is 3.22. The van der Waals surface area contributed by atoms with Gasteiger partial charge in [-0.15, -0.1) is 5.10 Å². The van der Waals surface area contributed by atoms with Crippen molar-refractivity contribution in [3.05, 3.63) is 65.4 Å². The highest BCUT2D eigenvalue weighted by Gasteiger charge is 2.35. The Balaban J connectivity index is 1.81. The molecule has 1 unspecified atom stereocenters. The minimum absolute atomic E-state index is 0.284. The van der Waals surface area contributed by atoms with Crippen molar-refractivity contribution in [2.24, 2.45) is 0 Å². The standard InChI is InChI=1S/C23H24N4O4/c1-5-31-22(28)19-14(2)24-23-25-21(16-8-12-18(30-4)13-9-16)26-27(23)20(19)15-6-10-17(29-3)11-7-15/h6-13,20H,5H2,1-4H3,(H,24,25,26). The van der Waals surface area contributed by atoms with Gasteiger partial charge < -0.3 is 19.5 Å². The van der Waals surface area contributed by atoms with Crippen LogP contribution >= 0.6 is 0 Å². The molecule has 3 aromatic rings. The van der Waals surface area contributed by atoms with Gasteiger partial charge in [0.05, 0.1) is 26.4 Å². The van der Waals surface area contributed by atoms with Crippen molar-refractivity contribution in [2.75, 3.05) is 26.1 Å². The first kappa shape index (κ1) is 20.5. The summed E-state index contributed by atoms with van der Waals surface area (Å²) in [6, 6.07) is 14.6. The molecule has 0 radical (unpaired) electrons. The fourth-order valence-corrected chi connectivity index (χ4v) is 3.58. The number of hydrogen-bond donors (Lipinski definition) is 1. The molecule has 0 saturated carbocycles. The van der Waals surface area contributed by atoms with Gasteiger partial charge in [-0.25, -0.2) is 9.48 Å². The number of aromatic nitrogens is 3. The maximum absolute atomic E-state index is 12.9. The van der Waals surface area contributed by atoms with Crippen LogP contribution in [0.25, 0.3) is 11.4 Å². The van der Waals surface area contributed by atoms with E-state index in [-0.39, 0.29) is 12.6 Å². The van der Waals surface area contributed by atoms with Crippen molar-refractivity contribution in [1.29, 1.82) is 0 Å². The van der Waals surface area contributed by atoms with Crippen LogP contribution in [0.5, 0.6) is 11.5 Å². The summed E-state index contributed by atoms with van der Waals surface area (Å²) < 4.78 is 17.6. The van der Waals surface area contributed by atoms with Crippen LogP contribution < -0.4 is 14.8 Å². The Hall–Kier alpha value is -3.81. The van der Waals surface area contributed by atoms with Gasteiger partial charge in [-0.1, -0.05) is 12.1 Å². The van der Waals surface area contributed by atoms with Gasteiger partial charge in [0.15, 0.2) is 5.82 Å². The van der Waals surface area contributed by atoms with Gasteiger partial charge in [-0.3, -0.25) is 0 Å². The first-order valence-corrected chi connectivity index (χ1v) is 9.95. The Morgan fingerprint density at radius 2 is 1.65 bits per heavy atom. The van der Waals surface area contributed by atoms with Crippen LogP contribution in [-0.2, 0) is 9.53 Å². The van der Waals surface area contributed by atoms with E-state index < -0.39 is 6.04 Å². The van der Waals surface area contributed by atoms with Crippen molar-refractivity contribution in [3.8, 4) is 22.9 Å². The lowest BCUT2D eigenvalue weighted by Crippen LogP contribution is -2.29. The van der Waals surface area contributed by atoms with Gasteiger partial charge in [0.1, 0.15) is 17.5 Å². The van der Waals surface area contributed by atoms with Crippen LogP contribution in [0.4, 0.5) is 5.95 Å². The largest absolute Gasteiger partial charge is 0.497 e. The van der Waals surface area contributed by atoms with Crippen molar-refractivity contribution in [3.63, 3.8) is 0 Å². The van der Waals surface area contributed by atoms with E-state index in [0.29, 0.717) is 23.0 Å². The Kier molecular flexibility index (Phi) is 5.62. The number of methoxy groups -OCH3 is 2. The minimum atomic E-state index is -0.485. The fourth-order valence-electron chi connectivity index (χ4n) is 3.58. The smallest absolute Gasteiger partial charge is 0.338 e. The molecular formula is C23H24N4O4. The van der Waals surface area contributed by atoms with E-state index in [0.717, 1.165) is 22.6 Å². The van der Waals surface area contributed by atoms with Crippen molar-refractivity contribution < 1.29 is 19.0 Å². The molecular weight excluding hydrogens is 396 g/mol. The Bertz CT molecular complexity index is 1120. The number of allylic oxidation sites excluding steroid dienone is 1. The van der Waals surface area contributed by atoms with E-state index in [4.69, 9.17) is 19.3 Å². The second-order valence-electron chi connectivity index (χ2n) is 6.99. The molecule has 8 nitrogen and oxygen atoms in total. The third-order valence-corrected chi connectivity index (χ3v) is 5.13. The van der Waals surface area contributed by atoms with Crippen LogP contribution in [0.15, 0.2) is 59.8 Å². The molecule has 1 N–H and O–H groups in total. The van der Waals surface area contributed by atoms with Crippen LogP contribution in [0.3, 0.4) is 0 Å². The van der Waals surface area contributed by atoms with E-state index in [1.165, 1.54) is 0 Å². The highest BCUT2D eigenvalue weighted by atomic mass is 16.5. The zero-order valence-corrected chi connectivity index (χ0v) is 17.9. The monoisotopic (exact) mass is 420 g/mol. The van der Waals surface area contributed by atoms with Crippen molar-refractivity contribution in [2.45, 2.75) is 19.9 Å². The van der Waals surface area contributed by atoms with Crippen LogP contribution in [-0.4, -0.2) is 41.6 Å². The maximum atomic E-state index is 12.9. The third-order valence-electron chi connectivity index (χ3n) is 5.13. The third kappa shape index (κ3) is 3.84. The van der Waals surface area contributed by atoms with Crippen LogP contribution in [0, 0.1) is 0 Å². The van der Waals surface area contributed by atoms with E-state index in [1.807, 2.05) is 55.5 Å². The predicted molar refractivity (Wildman–Crippen MR) is 116 cm³/mol. The number of carbonyl (C=O) groups is 1. The molecule has 31 heavy (non-hydrogen) atoms. The number of anilines is 1. The number of rotatable bonds is 6. The summed E-state index contributed by atoms with van der Waals surface area (Å²) in [5.41, 5.74) is 2.89. The molecule has 1 aliphatic heterocycles. The van der Waals surface area contributed by atoms with E-state index >= 15 is 0 Å². The summed E-state index contributed by atoms with van der Waals surface area (Å²) >= 11 is 0. The zero-order chi connectivity index (χ0) is 22.0. The lowest BCUT2D eigenvalue weighted by atomic mass is 9.96. The summed E-state index contributed by atoms with van der Waals surface area (Å²) in [7, 11) is 3.24. The molecule has 0 aliphatic carbocycles. The minimum Gasteiger partial charge on any atom is -0.497 e. The van der Waals surface area contributed by atoms with Crippen LogP contribution in [0.2, 0.25) is 0 Å². The predicted octanol–water partition coefficient (Wildman–Crippen LogP) is 3.81. The fraction of sp³-hybridized carbons (Fsp3) is 0.261. The molecule has 0 saturated heterocycles. The molecule has 0 spiro atoms. The SMILES string of the molecule is CCOC(=O)C1=C(C)Nc2nc(-c3ccc(OC)cc3)nn2C1c1ccc(OC)cc1. The molecule has 1 atom stereocenters. The number of benzene rings is 2. The van der Waals surface area contributed by atoms with Crippen molar-refractivity contribution in [1.82, 2.24) is 14.8 Å². The Labute approximate surface area is 180 Å². The highest BCUT2D eigenvalue weighted by molar-refractivity contribution is 5.92. The summed E-state index contributed by atoms with van der Waals surface area (Å²) in [5.74, 6) is 2.19. The summed E-state index contributed by atoms with van der Waals surface area (Å²) in [6.45, 7) is 3.91. The molecule has 2 heterocycles. The first-order valence-electron chi connectivity index (χ1n) is 9.95. The van der Waals surface area contributed by atoms with Gasteiger partial charge >= 0.3 is 5.97 Å². The second-order valence-corrected chi connectivity index (χ2v) is 6.99. The molecule has 160 valence electrons. The second kappa shape index (κ2) is 8.51. The quantitative estimate of drug-likeness (QED) is 0.607. The molecule has 0 bridgehead atoms. The summed E-state index contributed by atoms with van der Waals surface area (Å²) in [5, 5.41) is 7.94. The number of nitrogens with one attached hydrogen (secondary N) is 1. The molecule has 0 fully saturated rings. The number of esters is 1. The molecule has 4 rings (SSSR count).